The standard InChI is InChI=1S/C28H29F/c1-3-4-6-9-23-12-14-24(15-13-23)16-18-27-19-17-25(21-28(27)29)20-22(2)26-10-7-5-8-11-26/h3-5,7-8,10-19,21-22H,6,9,20H2,1-2H3/t22-/m1/s1. The highest BCUT2D eigenvalue weighted by atomic mass is 19.1. The zero-order chi connectivity index (χ0) is 20.5. The lowest BCUT2D eigenvalue weighted by molar-refractivity contribution is 0.620. The molecule has 29 heavy (non-hydrogen) atoms. The van der Waals surface area contributed by atoms with E-state index in [0.29, 0.717) is 11.5 Å². The Balaban J connectivity index is 1.62. The lowest BCUT2D eigenvalue weighted by atomic mass is 9.93. The van der Waals surface area contributed by atoms with E-state index in [-0.39, 0.29) is 5.82 Å². The largest absolute Gasteiger partial charge is 0.206 e. The molecule has 0 heterocycles. The van der Waals surface area contributed by atoms with E-state index >= 15 is 0 Å². The summed E-state index contributed by atoms with van der Waals surface area (Å²) in [5.74, 6) is 0.199. The molecular formula is C28H29F. The molecule has 0 radical (unpaired) electrons. The molecule has 0 fully saturated rings. The first-order chi connectivity index (χ1) is 14.2. The molecule has 0 aliphatic heterocycles. The lowest BCUT2D eigenvalue weighted by Crippen LogP contribution is -1.99. The second kappa shape index (κ2) is 10.6. The monoisotopic (exact) mass is 384 g/mol. The minimum absolute atomic E-state index is 0.165. The molecule has 1 heteroatoms. The molecule has 0 aliphatic carbocycles. The maximum absolute atomic E-state index is 14.6. The Kier molecular flexibility index (Phi) is 7.58. The molecule has 148 valence electrons. The van der Waals surface area contributed by atoms with Crippen LogP contribution in [0.4, 0.5) is 4.39 Å². The van der Waals surface area contributed by atoms with E-state index in [1.807, 2.05) is 37.3 Å². The maximum Gasteiger partial charge on any atom is 0.130 e. The average Bonchev–Trinajstić information content (AvgIpc) is 2.75. The summed E-state index contributed by atoms with van der Waals surface area (Å²) < 4.78 is 14.6. The first kappa shape index (κ1) is 20.8. The van der Waals surface area contributed by atoms with Crippen molar-refractivity contribution in [2.24, 2.45) is 0 Å². The van der Waals surface area contributed by atoms with Crippen LogP contribution in [0.15, 0.2) is 84.9 Å². The van der Waals surface area contributed by atoms with Crippen LogP contribution < -0.4 is 0 Å². The van der Waals surface area contributed by atoms with Gasteiger partial charge in [0.2, 0.25) is 0 Å². The SMILES string of the molecule is CC=CCCc1ccc(C=Cc2ccc(C[C@@H](C)c3ccccc3)cc2F)cc1. The number of hydrogen-bond donors (Lipinski definition) is 0. The van der Waals surface area contributed by atoms with Crippen molar-refractivity contribution in [3.05, 3.63) is 119 Å². The molecule has 0 spiro atoms. The van der Waals surface area contributed by atoms with Crippen LogP contribution in [0.1, 0.15) is 54.0 Å². The fourth-order valence-corrected chi connectivity index (χ4v) is 3.48. The quantitative estimate of drug-likeness (QED) is 0.274. The topological polar surface area (TPSA) is 0 Å². The summed E-state index contributed by atoms with van der Waals surface area (Å²) in [5, 5.41) is 0. The lowest BCUT2D eigenvalue weighted by Gasteiger charge is -2.12. The predicted molar refractivity (Wildman–Crippen MR) is 123 cm³/mol. The third-order valence-corrected chi connectivity index (χ3v) is 5.25. The Hall–Kier alpha value is -2.93. The molecule has 0 saturated heterocycles. The Morgan fingerprint density at radius 2 is 1.59 bits per heavy atom. The van der Waals surface area contributed by atoms with Crippen molar-refractivity contribution in [1.82, 2.24) is 0 Å². The molecule has 3 aromatic rings. The number of aryl methyl sites for hydroxylation is 1. The molecule has 3 rings (SSSR count). The molecule has 0 saturated carbocycles. The van der Waals surface area contributed by atoms with Crippen molar-refractivity contribution >= 4 is 12.2 Å². The van der Waals surface area contributed by atoms with Gasteiger partial charge in [-0.1, -0.05) is 98.0 Å². The highest BCUT2D eigenvalue weighted by molar-refractivity contribution is 5.70. The molecule has 0 amide bonds. The van der Waals surface area contributed by atoms with Crippen LogP contribution in [0.3, 0.4) is 0 Å². The van der Waals surface area contributed by atoms with Crippen molar-refractivity contribution in [1.29, 1.82) is 0 Å². The van der Waals surface area contributed by atoms with Crippen LogP contribution in [0, 0.1) is 5.82 Å². The fraction of sp³-hybridized carbons (Fsp3) is 0.214. The first-order valence-corrected chi connectivity index (χ1v) is 10.4. The summed E-state index contributed by atoms with van der Waals surface area (Å²) >= 11 is 0. The Bertz CT molecular complexity index is 949. The summed E-state index contributed by atoms with van der Waals surface area (Å²) in [6.07, 6.45) is 11.0. The van der Waals surface area contributed by atoms with Gasteiger partial charge in [-0.05, 0) is 60.4 Å². The van der Waals surface area contributed by atoms with Gasteiger partial charge >= 0.3 is 0 Å². The fourth-order valence-electron chi connectivity index (χ4n) is 3.48. The van der Waals surface area contributed by atoms with Gasteiger partial charge in [-0.15, -0.1) is 0 Å². The molecule has 3 aromatic carbocycles. The molecule has 1 atom stereocenters. The summed E-state index contributed by atoms with van der Waals surface area (Å²) in [6, 6.07) is 24.4. The first-order valence-electron chi connectivity index (χ1n) is 10.4. The van der Waals surface area contributed by atoms with E-state index in [1.165, 1.54) is 11.1 Å². The van der Waals surface area contributed by atoms with Gasteiger partial charge in [-0.25, -0.2) is 4.39 Å². The minimum atomic E-state index is -0.165. The van der Waals surface area contributed by atoms with Crippen LogP contribution in [-0.2, 0) is 12.8 Å². The van der Waals surface area contributed by atoms with Gasteiger partial charge in [-0.3, -0.25) is 0 Å². The summed E-state index contributed by atoms with van der Waals surface area (Å²) in [6.45, 7) is 4.23. The van der Waals surface area contributed by atoms with Gasteiger partial charge < -0.3 is 0 Å². The Morgan fingerprint density at radius 3 is 2.28 bits per heavy atom. The zero-order valence-electron chi connectivity index (χ0n) is 17.3. The van der Waals surface area contributed by atoms with E-state index in [4.69, 9.17) is 0 Å². The predicted octanol–water partition coefficient (Wildman–Crippen LogP) is 7.85. The van der Waals surface area contributed by atoms with Gasteiger partial charge in [0.1, 0.15) is 5.82 Å². The molecule has 0 nitrogen and oxygen atoms in total. The highest BCUT2D eigenvalue weighted by Crippen LogP contribution is 2.22. The minimum Gasteiger partial charge on any atom is -0.206 e. The van der Waals surface area contributed by atoms with E-state index in [1.54, 1.807) is 6.07 Å². The van der Waals surface area contributed by atoms with Gasteiger partial charge in [-0.2, -0.15) is 0 Å². The van der Waals surface area contributed by atoms with Crippen LogP contribution in [0.5, 0.6) is 0 Å². The molecule has 0 unspecified atom stereocenters. The van der Waals surface area contributed by atoms with Gasteiger partial charge in [0.15, 0.2) is 0 Å². The van der Waals surface area contributed by atoms with Crippen molar-refractivity contribution < 1.29 is 4.39 Å². The smallest absolute Gasteiger partial charge is 0.130 e. The molecular weight excluding hydrogens is 355 g/mol. The highest BCUT2D eigenvalue weighted by Gasteiger charge is 2.08. The van der Waals surface area contributed by atoms with Crippen molar-refractivity contribution in [3.8, 4) is 0 Å². The summed E-state index contributed by atoms with van der Waals surface area (Å²) in [5.41, 5.74) is 5.34. The van der Waals surface area contributed by atoms with Crippen molar-refractivity contribution in [2.75, 3.05) is 0 Å². The van der Waals surface area contributed by atoms with E-state index < -0.39 is 0 Å². The number of allylic oxidation sites excluding steroid dienone is 2. The molecule has 0 N–H and O–H groups in total. The van der Waals surface area contributed by atoms with Gasteiger partial charge in [0.25, 0.3) is 0 Å². The summed E-state index contributed by atoms with van der Waals surface area (Å²) in [7, 11) is 0. The third-order valence-electron chi connectivity index (χ3n) is 5.25. The normalized spacial score (nSPS) is 12.7. The number of hydrogen-bond acceptors (Lipinski definition) is 0. The summed E-state index contributed by atoms with van der Waals surface area (Å²) in [4.78, 5) is 0. The van der Waals surface area contributed by atoms with E-state index in [2.05, 4.69) is 67.6 Å². The Morgan fingerprint density at radius 1 is 0.862 bits per heavy atom. The number of benzene rings is 3. The zero-order valence-corrected chi connectivity index (χ0v) is 17.3. The van der Waals surface area contributed by atoms with Crippen molar-refractivity contribution in [2.45, 2.75) is 39.0 Å². The Labute approximate surface area is 174 Å². The number of halogens is 1. The number of rotatable bonds is 8. The van der Waals surface area contributed by atoms with E-state index in [9.17, 15) is 4.39 Å². The average molecular weight is 385 g/mol. The van der Waals surface area contributed by atoms with Crippen LogP contribution in [-0.4, -0.2) is 0 Å². The molecule has 0 bridgehead atoms. The van der Waals surface area contributed by atoms with Crippen molar-refractivity contribution in [3.63, 3.8) is 0 Å². The molecule has 0 aromatic heterocycles. The van der Waals surface area contributed by atoms with Gasteiger partial charge in [0.05, 0.1) is 0 Å². The van der Waals surface area contributed by atoms with Crippen LogP contribution in [0.25, 0.3) is 12.2 Å². The van der Waals surface area contributed by atoms with Crippen LogP contribution >= 0.6 is 0 Å². The van der Waals surface area contributed by atoms with Gasteiger partial charge in [0, 0.05) is 5.56 Å². The van der Waals surface area contributed by atoms with Crippen LogP contribution in [0.2, 0.25) is 0 Å². The van der Waals surface area contributed by atoms with E-state index in [0.717, 1.165) is 30.4 Å². The second-order valence-corrected chi connectivity index (χ2v) is 7.55. The maximum atomic E-state index is 14.6. The molecule has 0 aliphatic rings. The third kappa shape index (κ3) is 6.29. The second-order valence-electron chi connectivity index (χ2n) is 7.55.